The highest BCUT2D eigenvalue weighted by Gasteiger charge is 2.23. The first-order chi connectivity index (χ1) is 11.5. The van der Waals surface area contributed by atoms with E-state index in [0.29, 0.717) is 16.6 Å². The molecule has 0 amide bonds. The van der Waals surface area contributed by atoms with Crippen LogP contribution in [0.5, 0.6) is 0 Å². The quantitative estimate of drug-likeness (QED) is 0.541. The Kier molecular flexibility index (Phi) is 5.02. The van der Waals surface area contributed by atoms with Crippen LogP contribution in [0.4, 0.5) is 0 Å². The topological polar surface area (TPSA) is 22.0 Å². The molecule has 2 nitrogen and oxygen atoms in total. The summed E-state index contributed by atoms with van der Waals surface area (Å²) in [6.45, 7) is 4.22. The van der Waals surface area contributed by atoms with Gasteiger partial charge in [0, 0.05) is 39.0 Å². The minimum Gasteiger partial charge on any atom is -0.341 e. The third-order valence-corrected chi connectivity index (χ3v) is 5.37. The lowest BCUT2D eigenvalue weighted by molar-refractivity contribution is 0.103. The maximum absolute atomic E-state index is 13.1. The molecular formula is C20H20ClNOS. The van der Waals surface area contributed by atoms with Crippen molar-refractivity contribution >= 4 is 40.0 Å². The van der Waals surface area contributed by atoms with Crippen LogP contribution in [0.3, 0.4) is 0 Å². The number of thioether (sulfide) groups is 1. The molecule has 2 aromatic carbocycles. The molecular weight excluding hydrogens is 338 g/mol. The van der Waals surface area contributed by atoms with Crippen molar-refractivity contribution in [1.29, 1.82) is 0 Å². The number of benzene rings is 2. The van der Waals surface area contributed by atoms with E-state index in [1.54, 1.807) is 0 Å². The van der Waals surface area contributed by atoms with Gasteiger partial charge < -0.3 is 4.57 Å². The second kappa shape index (κ2) is 7.04. The standard InChI is InChI=1S/C20H20ClNOS/c1-13(12-24-3)22-14(2)19(17-11-16(21)9-10-18(17)22)20(23)15-7-5-4-6-8-15/h4-11,13H,12H2,1-3H3. The van der Waals surface area contributed by atoms with Crippen LogP contribution in [0.1, 0.15) is 34.6 Å². The molecule has 0 aliphatic heterocycles. The predicted octanol–water partition coefficient (Wildman–Crippen LogP) is 5.76. The summed E-state index contributed by atoms with van der Waals surface area (Å²) in [6, 6.07) is 15.6. The number of fused-ring (bicyclic) bond motifs is 1. The lowest BCUT2D eigenvalue weighted by Crippen LogP contribution is -2.11. The largest absolute Gasteiger partial charge is 0.341 e. The van der Waals surface area contributed by atoms with Crippen LogP contribution in [0.15, 0.2) is 48.5 Å². The Morgan fingerprint density at radius 3 is 2.58 bits per heavy atom. The molecule has 0 saturated carbocycles. The molecule has 1 heterocycles. The lowest BCUT2D eigenvalue weighted by atomic mass is 10.0. The molecule has 1 unspecified atom stereocenters. The molecule has 3 aromatic rings. The smallest absolute Gasteiger partial charge is 0.195 e. The van der Waals surface area contributed by atoms with Gasteiger partial charge in [0.25, 0.3) is 0 Å². The minimum absolute atomic E-state index is 0.0514. The first kappa shape index (κ1) is 17.1. The number of aromatic nitrogens is 1. The number of carbonyl (C=O) groups excluding carboxylic acids is 1. The zero-order chi connectivity index (χ0) is 17.3. The number of carbonyl (C=O) groups is 1. The number of ketones is 1. The first-order valence-electron chi connectivity index (χ1n) is 7.93. The highest BCUT2D eigenvalue weighted by Crippen LogP contribution is 2.33. The van der Waals surface area contributed by atoms with E-state index in [9.17, 15) is 4.79 Å². The summed E-state index contributed by atoms with van der Waals surface area (Å²) < 4.78 is 2.26. The fourth-order valence-electron chi connectivity index (χ4n) is 3.32. The third kappa shape index (κ3) is 2.99. The average Bonchev–Trinajstić information content (AvgIpc) is 2.86. The van der Waals surface area contributed by atoms with Crippen molar-refractivity contribution < 1.29 is 4.79 Å². The second-order valence-corrected chi connectivity index (χ2v) is 7.34. The summed E-state index contributed by atoms with van der Waals surface area (Å²) in [6.07, 6.45) is 2.10. The lowest BCUT2D eigenvalue weighted by Gasteiger charge is -2.16. The van der Waals surface area contributed by atoms with Gasteiger partial charge in [-0.25, -0.2) is 0 Å². The second-order valence-electron chi connectivity index (χ2n) is 5.99. The predicted molar refractivity (Wildman–Crippen MR) is 105 cm³/mol. The van der Waals surface area contributed by atoms with E-state index >= 15 is 0 Å². The van der Waals surface area contributed by atoms with Gasteiger partial charge in [0.2, 0.25) is 0 Å². The van der Waals surface area contributed by atoms with Gasteiger partial charge in [-0.2, -0.15) is 11.8 Å². The van der Waals surface area contributed by atoms with Crippen molar-refractivity contribution in [3.8, 4) is 0 Å². The van der Waals surface area contributed by atoms with Crippen LogP contribution in [0, 0.1) is 6.92 Å². The van der Waals surface area contributed by atoms with Crippen LogP contribution in [0.2, 0.25) is 5.02 Å². The van der Waals surface area contributed by atoms with E-state index in [2.05, 4.69) is 17.7 Å². The number of nitrogens with zero attached hydrogens (tertiary/aromatic N) is 1. The van der Waals surface area contributed by atoms with Crippen LogP contribution < -0.4 is 0 Å². The molecule has 0 bridgehead atoms. The zero-order valence-electron chi connectivity index (χ0n) is 14.0. The molecule has 0 radical (unpaired) electrons. The van der Waals surface area contributed by atoms with E-state index in [0.717, 1.165) is 27.9 Å². The van der Waals surface area contributed by atoms with Crippen molar-refractivity contribution in [1.82, 2.24) is 4.57 Å². The van der Waals surface area contributed by atoms with Crippen LogP contribution in [0.25, 0.3) is 10.9 Å². The number of rotatable bonds is 5. The summed E-state index contributed by atoms with van der Waals surface area (Å²) in [5, 5.41) is 1.58. The van der Waals surface area contributed by atoms with Crippen LogP contribution in [-0.2, 0) is 0 Å². The molecule has 1 aromatic heterocycles. The van der Waals surface area contributed by atoms with Gasteiger partial charge in [-0.1, -0.05) is 41.9 Å². The Morgan fingerprint density at radius 2 is 1.92 bits per heavy atom. The van der Waals surface area contributed by atoms with Crippen LogP contribution >= 0.6 is 23.4 Å². The summed E-state index contributed by atoms with van der Waals surface area (Å²) in [4.78, 5) is 13.1. The summed E-state index contributed by atoms with van der Waals surface area (Å²) in [5.74, 6) is 1.04. The molecule has 4 heteroatoms. The summed E-state index contributed by atoms with van der Waals surface area (Å²) in [7, 11) is 0. The monoisotopic (exact) mass is 357 g/mol. The number of hydrogen-bond acceptors (Lipinski definition) is 2. The van der Waals surface area contributed by atoms with E-state index in [4.69, 9.17) is 11.6 Å². The fourth-order valence-corrected chi connectivity index (χ4v) is 4.12. The van der Waals surface area contributed by atoms with Gasteiger partial charge in [0.15, 0.2) is 5.78 Å². The molecule has 0 aliphatic carbocycles. The minimum atomic E-state index is 0.0514. The third-order valence-electron chi connectivity index (χ3n) is 4.32. The van der Waals surface area contributed by atoms with Crippen molar-refractivity contribution in [2.45, 2.75) is 19.9 Å². The zero-order valence-corrected chi connectivity index (χ0v) is 15.6. The Labute approximate surface area is 151 Å². The van der Waals surface area contributed by atoms with Gasteiger partial charge in [-0.3, -0.25) is 4.79 Å². The van der Waals surface area contributed by atoms with Gasteiger partial charge >= 0.3 is 0 Å². The van der Waals surface area contributed by atoms with Gasteiger partial charge in [0.05, 0.1) is 5.56 Å². The van der Waals surface area contributed by atoms with Crippen molar-refractivity contribution in [2.24, 2.45) is 0 Å². The van der Waals surface area contributed by atoms with E-state index in [-0.39, 0.29) is 5.78 Å². The van der Waals surface area contributed by atoms with Crippen molar-refractivity contribution in [3.63, 3.8) is 0 Å². The maximum atomic E-state index is 13.1. The maximum Gasteiger partial charge on any atom is 0.195 e. The van der Waals surface area contributed by atoms with Gasteiger partial charge in [-0.15, -0.1) is 0 Å². The Morgan fingerprint density at radius 1 is 1.21 bits per heavy atom. The molecule has 0 saturated heterocycles. The van der Waals surface area contributed by atoms with Crippen LogP contribution in [-0.4, -0.2) is 22.4 Å². The molecule has 3 rings (SSSR count). The molecule has 124 valence electrons. The normalized spacial score (nSPS) is 12.5. The Bertz CT molecular complexity index is 886. The molecule has 0 N–H and O–H groups in total. The van der Waals surface area contributed by atoms with Crippen molar-refractivity contribution in [3.05, 3.63) is 70.4 Å². The molecule has 0 aliphatic rings. The van der Waals surface area contributed by atoms with E-state index in [1.807, 2.05) is 67.2 Å². The Balaban J connectivity index is 2.25. The Hall–Kier alpha value is -1.71. The van der Waals surface area contributed by atoms with E-state index in [1.165, 1.54) is 0 Å². The number of hydrogen-bond donors (Lipinski definition) is 0. The van der Waals surface area contributed by atoms with Gasteiger partial charge in [0.1, 0.15) is 0 Å². The summed E-state index contributed by atoms with van der Waals surface area (Å²) >= 11 is 8.03. The molecule has 0 fully saturated rings. The van der Waals surface area contributed by atoms with Gasteiger partial charge in [-0.05, 0) is 38.3 Å². The fraction of sp³-hybridized carbons (Fsp3) is 0.250. The average molecular weight is 358 g/mol. The highest BCUT2D eigenvalue weighted by atomic mass is 35.5. The SMILES string of the molecule is CSCC(C)n1c(C)c(C(=O)c2ccccc2)c2cc(Cl)ccc21. The highest BCUT2D eigenvalue weighted by molar-refractivity contribution is 7.98. The molecule has 24 heavy (non-hydrogen) atoms. The summed E-state index contributed by atoms with van der Waals surface area (Å²) in [5.41, 5.74) is 3.53. The first-order valence-corrected chi connectivity index (χ1v) is 9.70. The van der Waals surface area contributed by atoms with E-state index < -0.39 is 0 Å². The molecule has 1 atom stereocenters. The van der Waals surface area contributed by atoms with Crippen molar-refractivity contribution in [2.75, 3.05) is 12.0 Å². The number of halogens is 1. The molecule has 0 spiro atoms.